The van der Waals surface area contributed by atoms with Crippen molar-refractivity contribution in [2.45, 2.75) is 33.3 Å². The molecule has 0 aliphatic heterocycles. The Morgan fingerprint density at radius 1 is 1.28 bits per heavy atom. The predicted octanol–water partition coefficient (Wildman–Crippen LogP) is 2.47. The van der Waals surface area contributed by atoms with E-state index >= 15 is 0 Å². The topological polar surface area (TPSA) is 76.7 Å². The van der Waals surface area contributed by atoms with Crippen LogP contribution in [-0.2, 0) is 4.74 Å². The summed E-state index contributed by atoms with van der Waals surface area (Å²) < 4.78 is 5.05. The van der Waals surface area contributed by atoms with Crippen LogP contribution in [0.4, 0.5) is 10.5 Å². The van der Waals surface area contributed by atoms with Gasteiger partial charge in [-0.05, 0) is 39.8 Å². The smallest absolute Gasteiger partial charge is 0.414 e. The largest absolute Gasteiger partial charge is 0.444 e. The highest BCUT2D eigenvalue weighted by atomic mass is 16.6. The van der Waals surface area contributed by atoms with Gasteiger partial charge in [-0.25, -0.2) is 9.79 Å². The lowest BCUT2D eigenvalue weighted by Gasteiger charge is -2.19. The van der Waals surface area contributed by atoms with Crippen LogP contribution in [0, 0.1) is 6.92 Å². The number of guanidine groups is 1. The summed E-state index contributed by atoms with van der Waals surface area (Å²) in [5, 5.41) is 2.37. The molecule has 5 heteroatoms. The maximum atomic E-state index is 11.4. The fourth-order valence-corrected chi connectivity index (χ4v) is 1.19. The SMILES string of the molecule is Cc1ccc(N=C(N)NC(=O)OC(C)(C)C)cc1. The Morgan fingerprint density at radius 3 is 2.33 bits per heavy atom. The second-order valence-corrected chi connectivity index (χ2v) is 4.96. The van der Waals surface area contributed by atoms with E-state index in [2.05, 4.69) is 10.3 Å². The average molecular weight is 249 g/mol. The summed E-state index contributed by atoms with van der Waals surface area (Å²) in [4.78, 5) is 15.5. The first-order valence-corrected chi connectivity index (χ1v) is 5.67. The van der Waals surface area contributed by atoms with Crippen LogP contribution in [0.2, 0.25) is 0 Å². The molecule has 0 saturated heterocycles. The van der Waals surface area contributed by atoms with Gasteiger partial charge in [0.2, 0.25) is 5.96 Å². The molecule has 0 spiro atoms. The number of amides is 1. The maximum absolute atomic E-state index is 11.4. The Labute approximate surface area is 107 Å². The molecule has 18 heavy (non-hydrogen) atoms. The van der Waals surface area contributed by atoms with Gasteiger partial charge in [0.1, 0.15) is 5.60 Å². The fraction of sp³-hybridized carbons (Fsp3) is 0.385. The van der Waals surface area contributed by atoms with E-state index in [9.17, 15) is 4.79 Å². The molecule has 0 bridgehead atoms. The van der Waals surface area contributed by atoms with Crippen LogP contribution in [-0.4, -0.2) is 17.7 Å². The molecule has 1 aromatic rings. The number of alkyl carbamates (subject to hydrolysis) is 1. The highest BCUT2D eigenvalue weighted by Gasteiger charge is 2.16. The number of ether oxygens (including phenoxy) is 1. The number of aliphatic imine (C=N–C) groups is 1. The van der Waals surface area contributed by atoms with Gasteiger partial charge in [-0.1, -0.05) is 17.7 Å². The summed E-state index contributed by atoms with van der Waals surface area (Å²) in [6, 6.07) is 7.47. The molecule has 1 aromatic carbocycles. The number of aryl methyl sites for hydroxylation is 1. The lowest BCUT2D eigenvalue weighted by molar-refractivity contribution is 0.0562. The molecule has 1 amide bonds. The number of hydrogen-bond donors (Lipinski definition) is 2. The molecular weight excluding hydrogens is 230 g/mol. The Morgan fingerprint density at radius 2 is 1.83 bits per heavy atom. The van der Waals surface area contributed by atoms with E-state index in [1.807, 2.05) is 31.2 Å². The highest BCUT2D eigenvalue weighted by Crippen LogP contribution is 2.12. The molecule has 0 atom stereocenters. The van der Waals surface area contributed by atoms with Crippen molar-refractivity contribution in [1.29, 1.82) is 0 Å². The monoisotopic (exact) mass is 249 g/mol. The average Bonchev–Trinajstić information content (AvgIpc) is 2.18. The van der Waals surface area contributed by atoms with Crippen molar-refractivity contribution >= 4 is 17.7 Å². The summed E-state index contributed by atoms with van der Waals surface area (Å²) in [7, 11) is 0. The van der Waals surface area contributed by atoms with E-state index in [1.54, 1.807) is 20.8 Å². The third-order valence-corrected chi connectivity index (χ3v) is 1.91. The molecule has 0 fully saturated rings. The van der Waals surface area contributed by atoms with Gasteiger partial charge >= 0.3 is 6.09 Å². The van der Waals surface area contributed by atoms with Gasteiger partial charge in [0, 0.05) is 0 Å². The van der Waals surface area contributed by atoms with Crippen molar-refractivity contribution in [3.8, 4) is 0 Å². The van der Waals surface area contributed by atoms with E-state index in [0.29, 0.717) is 5.69 Å². The molecule has 0 radical (unpaired) electrons. The van der Waals surface area contributed by atoms with E-state index in [0.717, 1.165) is 5.56 Å². The minimum atomic E-state index is -0.615. The molecule has 1 rings (SSSR count). The summed E-state index contributed by atoms with van der Waals surface area (Å²) in [6.45, 7) is 7.31. The summed E-state index contributed by atoms with van der Waals surface area (Å²) in [6.07, 6.45) is -0.615. The van der Waals surface area contributed by atoms with Crippen molar-refractivity contribution < 1.29 is 9.53 Å². The van der Waals surface area contributed by atoms with E-state index < -0.39 is 11.7 Å². The third-order valence-electron chi connectivity index (χ3n) is 1.91. The number of nitrogens with one attached hydrogen (secondary N) is 1. The first kappa shape index (κ1) is 14.0. The van der Waals surface area contributed by atoms with Gasteiger partial charge in [0.15, 0.2) is 0 Å². The maximum Gasteiger partial charge on any atom is 0.414 e. The Balaban J connectivity index is 2.62. The first-order valence-electron chi connectivity index (χ1n) is 5.67. The first-order chi connectivity index (χ1) is 8.26. The lowest BCUT2D eigenvalue weighted by atomic mass is 10.2. The lowest BCUT2D eigenvalue weighted by Crippen LogP contribution is -2.40. The number of nitrogens with two attached hydrogens (primary N) is 1. The van der Waals surface area contributed by atoms with Gasteiger partial charge < -0.3 is 10.5 Å². The van der Waals surface area contributed by atoms with E-state index in [-0.39, 0.29) is 5.96 Å². The molecule has 0 aliphatic carbocycles. The van der Waals surface area contributed by atoms with Crippen molar-refractivity contribution in [3.63, 3.8) is 0 Å². The van der Waals surface area contributed by atoms with E-state index in [4.69, 9.17) is 10.5 Å². The number of hydrogen-bond acceptors (Lipinski definition) is 3. The highest BCUT2D eigenvalue weighted by molar-refractivity contribution is 5.94. The van der Waals surface area contributed by atoms with Crippen molar-refractivity contribution in [2.75, 3.05) is 0 Å². The third kappa shape index (κ3) is 5.34. The minimum absolute atomic E-state index is 0.00750. The molecule has 3 N–H and O–H groups in total. The molecule has 0 saturated carbocycles. The molecule has 0 unspecified atom stereocenters. The van der Waals surface area contributed by atoms with Gasteiger partial charge in [0.25, 0.3) is 0 Å². The standard InChI is InChI=1S/C13H19N3O2/c1-9-5-7-10(8-6-9)15-11(14)16-12(17)18-13(2,3)4/h5-8H,1-4H3,(H3,14,15,16,17). The second-order valence-electron chi connectivity index (χ2n) is 4.96. The van der Waals surface area contributed by atoms with Gasteiger partial charge in [-0.3, -0.25) is 5.32 Å². The number of benzene rings is 1. The normalized spacial score (nSPS) is 12.1. The molecule has 0 aromatic heterocycles. The van der Waals surface area contributed by atoms with Crippen LogP contribution in [0.3, 0.4) is 0 Å². The Bertz CT molecular complexity index is 444. The Hall–Kier alpha value is -2.04. The Kier molecular flexibility index (Phi) is 4.31. The summed E-state index contributed by atoms with van der Waals surface area (Å²) in [5.74, 6) is 0.00750. The van der Waals surface area contributed by atoms with Crippen LogP contribution < -0.4 is 11.1 Å². The number of carbonyl (C=O) groups excluding carboxylic acids is 1. The van der Waals surface area contributed by atoms with Crippen molar-refractivity contribution in [3.05, 3.63) is 29.8 Å². The van der Waals surface area contributed by atoms with Crippen LogP contribution in [0.1, 0.15) is 26.3 Å². The van der Waals surface area contributed by atoms with Crippen LogP contribution in [0.15, 0.2) is 29.3 Å². The molecule has 0 heterocycles. The van der Waals surface area contributed by atoms with Gasteiger partial charge in [-0.15, -0.1) is 0 Å². The van der Waals surface area contributed by atoms with Crippen LogP contribution in [0.25, 0.3) is 0 Å². The molecule has 98 valence electrons. The number of rotatable bonds is 1. The molecular formula is C13H19N3O2. The predicted molar refractivity (Wildman–Crippen MR) is 71.8 cm³/mol. The van der Waals surface area contributed by atoms with Crippen molar-refractivity contribution in [1.82, 2.24) is 5.32 Å². The van der Waals surface area contributed by atoms with E-state index in [1.165, 1.54) is 0 Å². The second kappa shape index (κ2) is 5.53. The fourth-order valence-electron chi connectivity index (χ4n) is 1.19. The number of nitrogens with zero attached hydrogens (tertiary/aromatic N) is 1. The summed E-state index contributed by atoms with van der Waals surface area (Å²) >= 11 is 0. The van der Waals surface area contributed by atoms with Gasteiger partial charge in [-0.2, -0.15) is 0 Å². The number of carbonyl (C=O) groups is 1. The zero-order chi connectivity index (χ0) is 13.8. The van der Waals surface area contributed by atoms with Gasteiger partial charge in [0.05, 0.1) is 5.69 Å². The summed E-state index contributed by atoms with van der Waals surface area (Å²) in [5.41, 5.74) is 6.85. The molecule has 5 nitrogen and oxygen atoms in total. The zero-order valence-corrected chi connectivity index (χ0v) is 11.2. The molecule has 0 aliphatic rings. The van der Waals surface area contributed by atoms with Crippen LogP contribution >= 0.6 is 0 Å². The quantitative estimate of drug-likeness (QED) is 0.593. The van der Waals surface area contributed by atoms with Crippen molar-refractivity contribution in [2.24, 2.45) is 10.7 Å². The zero-order valence-electron chi connectivity index (χ0n) is 11.2. The van der Waals surface area contributed by atoms with Crippen LogP contribution in [0.5, 0.6) is 0 Å². The minimum Gasteiger partial charge on any atom is -0.444 e.